The van der Waals surface area contributed by atoms with E-state index in [2.05, 4.69) is 12.2 Å². The third kappa shape index (κ3) is 0.669. The summed E-state index contributed by atoms with van der Waals surface area (Å²) in [5, 5.41) is 0.259. The average molecular weight is 223 g/mol. The molecule has 0 radical (unpaired) electrons. The van der Waals surface area contributed by atoms with Crippen LogP contribution in [0.4, 0.5) is 0 Å². The van der Waals surface area contributed by atoms with Crippen LogP contribution in [-0.4, -0.2) is 13.1 Å². The van der Waals surface area contributed by atoms with Crippen LogP contribution in [0.1, 0.15) is 6.42 Å². The van der Waals surface area contributed by atoms with Gasteiger partial charge in [-0.1, -0.05) is 35.4 Å². The molecule has 0 aromatic rings. The minimum Gasteiger partial charge on any atom is -0.256 e. The molecule has 2 fully saturated rings. The lowest BCUT2D eigenvalue weighted by atomic mass is 9.93. The molecule has 0 aromatic carbocycles. The fourth-order valence-corrected chi connectivity index (χ4v) is 6.03. The molecule has 0 spiro atoms. The lowest BCUT2D eigenvalue weighted by molar-refractivity contribution is 0.412. The molecule has 1 nitrogen and oxygen atoms in total. The lowest BCUT2D eigenvalue weighted by Crippen LogP contribution is -2.57. The molecule has 12 heavy (non-hydrogen) atoms. The lowest BCUT2D eigenvalue weighted by Gasteiger charge is -2.46. The summed E-state index contributed by atoms with van der Waals surface area (Å²) < 4.78 is 10.6. The van der Waals surface area contributed by atoms with E-state index in [0.29, 0.717) is 11.8 Å². The summed E-state index contributed by atoms with van der Waals surface area (Å²) in [6, 6.07) is 0. The highest BCUT2D eigenvalue weighted by molar-refractivity contribution is 7.91. The van der Waals surface area contributed by atoms with Gasteiger partial charge in [0.05, 0.1) is 16.0 Å². The number of hydrogen-bond acceptors (Lipinski definition) is 1. The molecule has 2 aliphatic carbocycles. The summed E-state index contributed by atoms with van der Waals surface area (Å²) >= 11 is 12.0. The molecule has 5 atom stereocenters. The van der Waals surface area contributed by atoms with Crippen LogP contribution in [0.2, 0.25) is 0 Å². The SMILES string of the molecule is O=S1[C@@H]2[C@@H]([C@H]3C=C[C@@H]2C3)C1(Cl)Cl. The molecule has 0 amide bonds. The molecule has 2 bridgehead atoms. The molecular weight excluding hydrogens is 215 g/mol. The Kier molecular flexibility index (Phi) is 1.37. The van der Waals surface area contributed by atoms with E-state index < -0.39 is 14.5 Å². The van der Waals surface area contributed by atoms with Gasteiger partial charge in [0.15, 0.2) is 3.67 Å². The normalized spacial score (nSPS) is 58.3. The van der Waals surface area contributed by atoms with Crippen molar-refractivity contribution in [3.05, 3.63) is 12.2 Å². The fraction of sp³-hybridized carbons (Fsp3) is 0.750. The number of rotatable bonds is 0. The first-order chi connectivity index (χ1) is 5.62. The van der Waals surface area contributed by atoms with E-state index in [-0.39, 0.29) is 11.2 Å². The Balaban J connectivity index is 2.04. The van der Waals surface area contributed by atoms with Gasteiger partial charge >= 0.3 is 0 Å². The third-order valence-corrected chi connectivity index (χ3v) is 6.65. The van der Waals surface area contributed by atoms with Gasteiger partial charge in [-0.3, -0.25) is 4.21 Å². The summed E-state index contributed by atoms with van der Waals surface area (Å²) in [5.41, 5.74) is 0. The number of hydrogen-bond donors (Lipinski definition) is 0. The van der Waals surface area contributed by atoms with Crippen molar-refractivity contribution in [1.29, 1.82) is 0 Å². The van der Waals surface area contributed by atoms with Crippen molar-refractivity contribution in [2.24, 2.45) is 17.8 Å². The van der Waals surface area contributed by atoms with E-state index in [1.165, 1.54) is 0 Å². The Labute approximate surface area is 83.6 Å². The highest BCUT2D eigenvalue weighted by Crippen LogP contribution is 2.63. The van der Waals surface area contributed by atoms with Crippen molar-refractivity contribution in [2.75, 3.05) is 0 Å². The van der Waals surface area contributed by atoms with Gasteiger partial charge in [-0.25, -0.2) is 0 Å². The van der Waals surface area contributed by atoms with E-state index >= 15 is 0 Å². The van der Waals surface area contributed by atoms with E-state index in [0.717, 1.165) is 6.42 Å². The third-order valence-electron chi connectivity index (χ3n) is 3.29. The highest BCUT2D eigenvalue weighted by atomic mass is 35.5. The van der Waals surface area contributed by atoms with Gasteiger partial charge in [0.1, 0.15) is 0 Å². The first-order valence-corrected chi connectivity index (χ1v) is 6.06. The van der Waals surface area contributed by atoms with Crippen molar-refractivity contribution in [2.45, 2.75) is 15.3 Å². The van der Waals surface area contributed by atoms with E-state index in [4.69, 9.17) is 23.2 Å². The number of allylic oxidation sites excluding steroid dienone is 2. The second-order valence-corrected chi connectivity index (χ2v) is 7.42. The topological polar surface area (TPSA) is 17.1 Å². The maximum absolute atomic E-state index is 11.6. The summed E-state index contributed by atoms with van der Waals surface area (Å²) in [6.45, 7) is 0. The van der Waals surface area contributed by atoms with Crippen LogP contribution < -0.4 is 0 Å². The zero-order valence-electron chi connectivity index (χ0n) is 6.24. The van der Waals surface area contributed by atoms with Crippen LogP contribution in [0.5, 0.6) is 0 Å². The molecule has 0 aromatic heterocycles. The average Bonchev–Trinajstić information content (AvgIpc) is 2.59. The fourth-order valence-electron chi connectivity index (χ4n) is 2.75. The summed E-state index contributed by atoms with van der Waals surface area (Å²) in [6.07, 6.45) is 5.47. The molecule has 3 rings (SSSR count). The summed E-state index contributed by atoms with van der Waals surface area (Å²) in [5.74, 6) is 1.25. The zero-order valence-corrected chi connectivity index (χ0v) is 8.57. The largest absolute Gasteiger partial charge is 0.256 e. The van der Waals surface area contributed by atoms with Crippen molar-refractivity contribution in [3.8, 4) is 0 Å². The molecule has 66 valence electrons. The Hall–Kier alpha value is 0.470. The molecular formula is C8H8Cl2OS. The van der Waals surface area contributed by atoms with Crippen LogP contribution in [-0.2, 0) is 10.8 Å². The molecule has 4 heteroatoms. The van der Waals surface area contributed by atoms with Crippen LogP contribution >= 0.6 is 23.2 Å². The minimum absolute atomic E-state index is 0.259. The number of alkyl halides is 2. The van der Waals surface area contributed by atoms with Gasteiger partial charge in [0, 0.05) is 5.92 Å². The van der Waals surface area contributed by atoms with Gasteiger partial charge in [-0.2, -0.15) is 0 Å². The van der Waals surface area contributed by atoms with Crippen molar-refractivity contribution >= 4 is 34.0 Å². The van der Waals surface area contributed by atoms with Gasteiger partial charge in [0.25, 0.3) is 0 Å². The smallest absolute Gasteiger partial charge is 0.196 e. The monoisotopic (exact) mass is 222 g/mol. The van der Waals surface area contributed by atoms with E-state index in [9.17, 15) is 4.21 Å². The maximum atomic E-state index is 11.6. The molecule has 1 heterocycles. The zero-order chi connectivity index (χ0) is 8.51. The van der Waals surface area contributed by atoms with Crippen molar-refractivity contribution in [3.63, 3.8) is 0 Å². The second kappa shape index (κ2) is 2.10. The standard InChI is InChI=1S/C8H8Cl2OS/c9-8(10)6-4-1-2-5(3-4)7(6)12(8)11/h1-2,4-7H,3H2/t4-,5+,6+,7-,12?/m0/s1. The predicted octanol–water partition coefficient (Wildman–Crippen LogP) is 2.07. The maximum Gasteiger partial charge on any atom is 0.196 e. The molecule has 1 aliphatic heterocycles. The van der Waals surface area contributed by atoms with Crippen LogP contribution in [0, 0.1) is 17.8 Å². The number of fused-ring (bicyclic) bond motifs is 5. The molecule has 1 saturated carbocycles. The summed E-state index contributed by atoms with van der Waals surface area (Å²) in [4.78, 5) is 0. The van der Waals surface area contributed by atoms with Gasteiger partial charge < -0.3 is 0 Å². The Bertz CT molecular complexity index is 299. The minimum atomic E-state index is -1.03. The predicted molar refractivity (Wildman–Crippen MR) is 50.6 cm³/mol. The van der Waals surface area contributed by atoms with E-state index in [1.54, 1.807) is 0 Å². The first kappa shape index (κ1) is 7.84. The molecule has 0 N–H and O–H groups in total. The van der Waals surface area contributed by atoms with Crippen LogP contribution in [0.3, 0.4) is 0 Å². The molecule has 1 unspecified atom stereocenters. The Morgan fingerprint density at radius 1 is 1.33 bits per heavy atom. The molecule has 1 saturated heterocycles. The number of halogens is 2. The van der Waals surface area contributed by atoms with Gasteiger partial charge in [-0.15, -0.1) is 0 Å². The van der Waals surface area contributed by atoms with Crippen LogP contribution in [0.15, 0.2) is 12.2 Å². The van der Waals surface area contributed by atoms with Crippen molar-refractivity contribution < 1.29 is 4.21 Å². The van der Waals surface area contributed by atoms with Crippen LogP contribution in [0.25, 0.3) is 0 Å². The van der Waals surface area contributed by atoms with Gasteiger partial charge in [-0.05, 0) is 18.3 Å². The van der Waals surface area contributed by atoms with Gasteiger partial charge in [0.2, 0.25) is 0 Å². The Morgan fingerprint density at radius 3 is 2.67 bits per heavy atom. The molecule has 3 aliphatic rings. The van der Waals surface area contributed by atoms with E-state index in [1.807, 2.05) is 0 Å². The summed E-state index contributed by atoms with van der Waals surface area (Å²) in [7, 11) is -1.03. The first-order valence-electron chi connectivity index (χ1n) is 4.09. The quantitative estimate of drug-likeness (QED) is 0.454. The highest BCUT2D eigenvalue weighted by Gasteiger charge is 2.68. The van der Waals surface area contributed by atoms with Crippen molar-refractivity contribution in [1.82, 2.24) is 0 Å². The Morgan fingerprint density at radius 2 is 2.00 bits per heavy atom. The second-order valence-electron chi connectivity index (χ2n) is 3.80.